The molecule has 3 atom stereocenters. The fraction of sp³-hybridized carbons (Fsp3) is 0.891. The zero-order valence-electron chi connectivity index (χ0n) is 34.2. The van der Waals surface area contributed by atoms with Gasteiger partial charge in [0.2, 0.25) is 5.91 Å². The van der Waals surface area contributed by atoms with E-state index in [0.29, 0.717) is 12.8 Å². The van der Waals surface area contributed by atoms with Crippen LogP contribution in [0, 0.1) is 0 Å². The highest BCUT2D eigenvalue weighted by molar-refractivity contribution is 5.76. The molecule has 1 amide bonds. The molecule has 0 heterocycles. The number of rotatable bonds is 41. The Morgan fingerprint density at radius 1 is 0.471 bits per heavy atom. The normalized spacial score (nSPS) is 13.7. The summed E-state index contributed by atoms with van der Waals surface area (Å²) >= 11 is 0. The summed E-state index contributed by atoms with van der Waals surface area (Å²) in [6, 6.07) is -0.823. The van der Waals surface area contributed by atoms with E-state index < -0.39 is 18.2 Å². The molecule has 0 bridgehead atoms. The minimum absolute atomic E-state index is 0.155. The first-order valence-electron chi connectivity index (χ1n) is 22.6. The topological polar surface area (TPSA) is 89.8 Å². The Hall–Kier alpha value is -1.17. The van der Waals surface area contributed by atoms with Crippen LogP contribution in [0.25, 0.3) is 0 Å². The van der Waals surface area contributed by atoms with Crippen LogP contribution in [0.5, 0.6) is 0 Å². The van der Waals surface area contributed by atoms with Crippen molar-refractivity contribution in [3.05, 3.63) is 24.3 Å². The Labute approximate surface area is 318 Å². The third-order valence-corrected chi connectivity index (χ3v) is 10.5. The van der Waals surface area contributed by atoms with Crippen molar-refractivity contribution in [1.29, 1.82) is 0 Å². The summed E-state index contributed by atoms with van der Waals surface area (Å²) in [7, 11) is 0. The average molecular weight is 720 g/mol. The van der Waals surface area contributed by atoms with E-state index in [1.54, 1.807) is 0 Å². The van der Waals surface area contributed by atoms with E-state index in [0.717, 1.165) is 38.5 Å². The third-order valence-electron chi connectivity index (χ3n) is 10.5. The van der Waals surface area contributed by atoms with Gasteiger partial charge in [0.25, 0.3) is 0 Å². The van der Waals surface area contributed by atoms with E-state index in [1.165, 1.54) is 173 Å². The number of aliphatic hydroxyl groups is 3. The van der Waals surface area contributed by atoms with Gasteiger partial charge in [0.05, 0.1) is 18.8 Å². The maximum atomic E-state index is 12.4. The predicted octanol–water partition coefficient (Wildman–Crippen LogP) is 13.0. The van der Waals surface area contributed by atoms with Gasteiger partial charge in [-0.1, -0.05) is 192 Å². The van der Waals surface area contributed by atoms with Gasteiger partial charge in [-0.2, -0.15) is 0 Å². The van der Waals surface area contributed by atoms with E-state index in [2.05, 4.69) is 43.5 Å². The van der Waals surface area contributed by atoms with Crippen molar-refractivity contribution in [2.24, 2.45) is 0 Å². The Bertz CT molecular complexity index is 754. The lowest BCUT2D eigenvalue weighted by molar-refractivity contribution is -0.124. The number of amides is 1. The lowest BCUT2D eigenvalue weighted by atomic mass is 10.0. The first-order valence-corrected chi connectivity index (χ1v) is 22.6. The number of hydrogen-bond acceptors (Lipinski definition) is 4. The highest BCUT2D eigenvalue weighted by Crippen LogP contribution is 2.15. The third kappa shape index (κ3) is 37.0. The van der Waals surface area contributed by atoms with Crippen molar-refractivity contribution in [3.8, 4) is 0 Å². The van der Waals surface area contributed by atoms with E-state index in [4.69, 9.17) is 0 Å². The van der Waals surface area contributed by atoms with Crippen LogP contribution in [0.3, 0.4) is 0 Å². The number of nitrogens with one attached hydrogen (secondary N) is 1. The molecule has 0 radical (unpaired) electrons. The number of aliphatic hydroxyl groups excluding tert-OH is 3. The number of carbonyl (C=O) groups is 1. The van der Waals surface area contributed by atoms with Crippen molar-refractivity contribution >= 4 is 5.91 Å². The van der Waals surface area contributed by atoms with E-state index in [1.807, 2.05) is 0 Å². The molecule has 0 saturated carbocycles. The van der Waals surface area contributed by atoms with Crippen LogP contribution in [0.1, 0.15) is 239 Å². The molecular formula is C46H89NO4. The summed E-state index contributed by atoms with van der Waals surface area (Å²) in [4.78, 5) is 12.4. The smallest absolute Gasteiger partial charge is 0.220 e. The van der Waals surface area contributed by atoms with Crippen molar-refractivity contribution in [2.45, 2.75) is 257 Å². The van der Waals surface area contributed by atoms with Crippen molar-refractivity contribution in [2.75, 3.05) is 6.61 Å². The number of allylic oxidation sites excluding steroid dienone is 4. The maximum absolute atomic E-state index is 12.4. The zero-order chi connectivity index (χ0) is 37.3. The second kappa shape index (κ2) is 41.6. The molecular weight excluding hydrogens is 631 g/mol. The average Bonchev–Trinajstić information content (AvgIpc) is 3.13. The van der Waals surface area contributed by atoms with Crippen molar-refractivity contribution < 1.29 is 20.1 Å². The Kier molecular flexibility index (Phi) is 40.6. The largest absolute Gasteiger partial charge is 0.394 e. The Morgan fingerprint density at radius 2 is 0.784 bits per heavy atom. The van der Waals surface area contributed by atoms with E-state index >= 15 is 0 Å². The van der Waals surface area contributed by atoms with E-state index in [-0.39, 0.29) is 12.5 Å². The molecule has 3 unspecified atom stereocenters. The van der Waals surface area contributed by atoms with E-state index in [9.17, 15) is 20.1 Å². The monoisotopic (exact) mass is 720 g/mol. The van der Waals surface area contributed by atoms with Crippen LogP contribution in [0.2, 0.25) is 0 Å². The van der Waals surface area contributed by atoms with Crippen LogP contribution in [-0.2, 0) is 4.79 Å². The molecule has 0 spiro atoms. The van der Waals surface area contributed by atoms with Gasteiger partial charge in [0, 0.05) is 6.42 Å². The molecule has 4 N–H and O–H groups in total. The van der Waals surface area contributed by atoms with Crippen LogP contribution < -0.4 is 5.32 Å². The molecule has 0 fully saturated rings. The molecule has 302 valence electrons. The molecule has 0 aliphatic rings. The number of unbranched alkanes of at least 4 members (excludes halogenated alkanes) is 29. The number of hydrogen-bond donors (Lipinski definition) is 4. The molecule has 0 aliphatic heterocycles. The highest BCUT2D eigenvalue weighted by Gasteiger charge is 2.26. The summed E-state index contributed by atoms with van der Waals surface area (Å²) in [5.41, 5.74) is 0. The Balaban J connectivity index is 3.56. The lowest BCUT2D eigenvalue weighted by Gasteiger charge is -2.26. The van der Waals surface area contributed by atoms with Gasteiger partial charge in [-0.05, 0) is 64.2 Å². The van der Waals surface area contributed by atoms with Gasteiger partial charge < -0.3 is 20.6 Å². The molecule has 0 aromatic rings. The molecule has 0 aliphatic carbocycles. The molecule has 51 heavy (non-hydrogen) atoms. The van der Waals surface area contributed by atoms with Gasteiger partial charge in [0.15, 0.2) is 0 Å². The summed E-state index contributed by atoms with van der Waals surface area (Å²) in [6.45, 7) is 4.15. The first kappa shape index (κ1) is 49.8. The highest BCUT2D eigenvalue weighted by atomic mass is 16.3. The minimum Gasteiger partial charge on any atom is -0.394 e. The molecule has 0 saturated heterocycles. The first-order chi connectivity index (χ1) is 25.1. The summed E-state index contributed by atoms with van der Waals surface area (Å²) < 4.78 is 0. The predicted molar refractivity (Wildman–Crippen MR) is 222 cm³/mol. The van der Waals surface area contributed by atoms with Crippen LogP contribution in [0.4, 0.5) is 0 Å². The summed E-state index contributed by atoms with van der Waals surface area (Å²) in [6.07, 6.45) is 50.2. The minimum atomic E-state index is -1.16. The van der Waals surface area contributed by atoms with Crippen LogP contribution in [0.15, 0.2) is 24.3 Å². The SMILES string of the molecule is CCCCCCCC/C=C/CCCC(O)C(O)C(CO)NC(=O)CCCCCCCCCCCC/C=C\CCCCCCCCCCCCCC. The fourth-order valence-corrected chi connectivity index (χ4v) is 6.98. The number of carbonyl (C=O) groups excluding carboxylic acids is 1. The lowest BCUT2D eigenvalue weighted by Crippen LogP contribution is -2.50. The quantitative estimate of drug-likeness (QED) is 0.0374. The zero-order valence-corrected chi connectivity index (χ0v) is 34.2. The van der Waals surface area contributed by atoms with Gasteiger partial charge in [-0.25, -0.2) is 0 Å². The molecule has 0 rings (SSSR count). The van der Waals surface area contributed by atoms with Gasteiger partial charge >= 0.3 is 0 Å². The second-order valence-electron chi connectivity index (χ2n) is 15.6. The fourth-order valence-electron chi connectivity index (χ4n) is 6.98. The Morgan fingerprint density at radius 3 is 1.14 bits per heavy atom. The van der Waals surface area contributed by atoms with Crippen molar-refractivity contribution in [1.82, 2.24) is 5.32 Å². The molecule has 5 nitrogen and oxygen atoms in total. The van der Waals surface area contributed by atoms with Gasteiger partial charge in [0.1, 0.15) is 6.10 Å². The van der Waals surface area contributed by atoms with Crippen LogP contribution >= 0.6 is 0 Å². The van der Waals surface area contributed by atoms with Gasteiger partial charge in [-0.15, -0.1) is 0 Å². The summed E-state index contributed by atoms with van der Waals surface area (Å²) in [5, 5.41) is 33.4. The second-order valence-corrected chi connectivity index (χ2v) is 15.6. The van der Waals surface area contributed by atoms with Crippen LogP contribution in [-0.4, -0.2) is 46.1 Å². The molecule has 5 heteroatoms. The summed E-state index contributed by atoms with van der Waals surface area (Å²) in [5.74, 6) is -0.155. The van der Waals surface area contributed by atoms with Gasteiger partial charge in [-0.3, -0.25) is 4.79 Å². The molecule has 0 aromatic carbocycles. The maximum Gasteiger partial charge on any atom is 0.220 e. The molecule has 0 aromatic heterocycles. The van der Waals surface area contributed by atoms with Crippen molar-refractivity contribution in [3.63, 3.8) is 0 Å². The standard InChI is InChI=1S/C46H89NO4/c1-3-5-7-9-11-13-15-16-17-18-19-20-21-22-23-24-25-26-27-28-29-31-33-35-37-39-41-45(50)47-43(42-48)46(51)44(49)40-38-36-34-32-30-14-12-10-8-6-4-2/h22-23,32,34,43-44,46,48-49,51H,3-21,24-31,33,35-42H2,1-2H3,(H,47,50)/b23-22-,34-32+.